The quantitative estimate of drug-likeness (QED) is 0.191. The Balaban J connectivity index is 2.76. The molecule has 10 heteroatoms. The second kappa shape index (κ2) is 14.6. The van der Waals surface area contributed by atoms with Gasteiger partial charge in [-0.1, -0.05) is 40.5 Å². The number of carbonyl (C=O) groups is 2. The first-order valence-corrected chi connectivity index (χ1v) is 12.6. The third kappa shape index (κ3) is 9.68. The highest BCUT2D eigenvalue weighted by Crippen LogP contribution is 2.33. The maximum Gasteiger partial charge on any atom is 0.308 e. The standard InChI is InChI=1S/C25H46O10/c1-7-14(3)19(10-17(28)9-16(5)27)33-21(30)12-18(29)11-20(15(4)8-2)34-24-22(31)23(32)25(6,13-26)35-24/h14-15,17-20,22-24,26,28-29,31-32H,7-13H2,1-6H3/t14-,15-,17+,18-,19-,20-,22+,23+,24+,25?/m0/s1. The number of rotatable bonds is 16. The number of ketones is 1. The molecule has 1 aliphatic rings. The largest absolute Gasteiger partial charge is 0.462 e. The van der Waals surface area contributed by atoms with Gasteiger partial charge in [0.05, 0.1) is 31.3 Å². The highest BCUT2D eigenvalue weighted by Gasteiger charge is 2.52. The van der Waals surface area contributed by atoms with Crippen molar-refractivity contribution in [2.75, 3.05) is 6.61 Å². The maximum atomic E-state index is 12.6. The lowest BCUT2D eigenvalue weighted by Crippen LogP contribution is -2.43. The molecule has 0 saturated carbocycles. The van der Waals surface area contributed by atoms with Crippen LogP contribution in [0.4, 0.5) is 0 Å². The summed E-state index contributed by atoms with van der Waals surface area (Å²) in [6.07, 6.45) is -5.83. The van der Waals surface area contributed by atoms with E-state index in [2.05, 4.69) is 0 Å². The second-order valence-corrected chi connectivity index (χ2v) is 10.3. The number of Topliss-reactive ketones (excluding diaryl/α,β-unsaturated/α-hetero) is 1. The molecule has 1 unspecified atom stereocenters. The molecule has 0 bridgehead atoms. The molecule has 0 aromatic heterocycles. The maximum absolute atomic E-state index is 12.6. The van der Waals surface area contributed by atoms with Gasteiger partial charge >= 0.3 is 5.97 Å². The molecule has 0 aliphatic carbocycles. The van der Waals surface area contributed by atoms with E-state index in [1.807, 2.05) is 27.7 Å². The molecule has 0 spiro atoms. The van der Waals surface area contributed by atoms with E-state index in [0.717, 1.165) is 0 Å². The Labute approximate surface area is 208 Å². The Bertz CT molecular complexity index is 658. The van der Waals surface area contributed by atoms with Crippen LogP contribution in [0.5, 0.6) is 0 Å². The van der Waals surface area contributed by atoms with Gasteiger partial charge in [0.2, 0.25) is 0 Å². The Kier molecular flexibility index (Phi) is 13.3. The van der Waals surface area contributed by atoms with Crippen molar-refractivity contribution in [3.8, 4) is 0 Å². The second-order valence-electron chi connectivity index (χ2n) is 10.3. The predicted molar refractivity (Wildman–Crippen MR) is 127 cm³/mol. The zero-order chi connectivity index (χ0) is 26.9. The van der Waals surface area contributed by atoms with Crippen LogP contribution in [0.1, 0.15) is 80.1 Å². The number of carbonyl (C=O) groups excluding carboxylic acids is 2. The molecule has 1 heterocycles. The smallest absolute Gasteiger partial charge is 0.308 e. The fourth-order valence-electron chi connectivity index (χ4n) is 4.11. The van der Waals surface area contributed by atoms with Gasteiger partial charge in [0.1, 0.15) is 29.7 Å². The van der Waals surface area contributed by atoms with Crippen molar-refractivity contribution in [1.29, 1.82) is 0 Å². The van der Waals surface area contributed by atoms with E-state index in [1.165, 1.54) is 13.8 Å². The minimum atomic E-state index is -1.38. The minimum Gasteiger partial charge on any atom is -0.462 e. The van der Waals surface area contributed by atoms with Crippen molar-refractivity contribution in [2.24, 2.45) is 11.8 Å². The topological polar surface area (TPSA) is 163 Å². The lowest BCUT2D eigenvalue weighted by Gasteiger charge is -2.30. The molecular weight excluding hydrogens is 460 g/mol. The molecule has 0 aromatic rings. The van der Waals surface area contributed by atoms with Crippen molar-refractivity contribution >= 4 is 11.8 Å². The van der Waals surface area contributed by atoms with Crippen molar-refractivity contribution in [3.63, 3.8) is 0 Å². The molecule has 1 saturated heterocycles. The third-order valence-corrected chi connectivity index (χ3v) is 7.01. The van der Waals surface area contributed by atoms with Crippen LogP contribution in [0.25, 0.3) is 0 Å². The predicted octanol–water partition coefficient (Wildman–Crippen LogP) is 1.08. The molecule has 1 aliphatic heterocycles. The number of aliphatic hydroxyl groups excluding tert-OH is 5. The SMILES string of the molecule is CC[C@H](C)[C@H](C[C@H](O)CC(C)=O)OC(=O)C[C@@H](O)C[C@H](O[C@@H]1OC(C)(CO)[C@H](O)[C@H]1O)[C@@H](C)CC. The molecule has 0 aromatic carbocycles. The summed E-state index contributed by atoms with van der Waals surface area (Å²) < 4.78 is 17.0. The summed E-state index contributed by atoms with van der Waals surface area (Å²) in [6, 6.07) is 0. The van der Waals surface area contributed by atoms with Crippen molar-refractivity contribution in [1.82, 2.24) is 0 Å². The van der Waals surface area contributed by atoms with Gasteiger partial charge in [-0.3, -0.25) is 9.59 Å². The molecule has 10 atom stereocenters. The van der Waals surface area contributed by atoms with E-state index in [4.69, 9.17) is 14.2 Å². The summed E-state index contributed by atoms with van der Waals surface area (Å²) in [4.78, 5) is 23.9. The Morgan fingerprint density at radius 3 is 1.97 bits per heavy atom. The average Bonchev–Trinajstić information content (AvgIpc) is 3.00. The van der Waals surface area contributed by atoms with E-state index in [9.17, 15) is 35.1 Å². The molecular formula is C25H46O10. The van der Waals surface area contributed by atoms with Crippen LogP contribution in [-0.2, 0) is 23.8 Å². The minimum absolute atomic E-state index is 0.0137. The number of aliphatic hydroxyl groups is 5. The van der Waals surface area contributed by atoms with E-state index >= 15 is 0 Å². The van der Waals surface area contributed by atoms with Crippen molar-refractivity contribution < 1.29 is 49.3 Å². The first-order valence-electron chi connectivity index (χ1n) is 12.6. The molecule has 35 heavy (non-hydrogen) atoms. The first-order chi connectivity index (χ1) is 16.3. The van der Waals surface area contributed by atoms with Crippen LogP contribution >= 0.6 is 0 Å². The summed E-state index contributed by atoms with van der Waals surface area (Å²) >= 11 is 0. The fraction of sp³-hybridized carbons (Fsp3) is 0.920. The van der Waals surface area contributed by atoms with Gasteiger partial charge in [0.25, 0.3) is 0 Å². The number of hydrogen-bond donors (Lipinski definition) is 5. The van der Waals surface area contributed by atoms with Gasteiger partial charge < -0.3 is 39.7 Å². The summed E-state index contributed by atoms with van der Waals surface area (Å²) in [5.41, 5.74) is -1.37. The molecule has 0 amide bonds. The lowest BCUT2D eigenvalue weighted by molar-refractivity contribution is -0.225. The molecule has 10 nitrogen and oxygen atoms in total. The molecule has 0 radical (unpaired) electrons. The Morgan fingerprint density at radius 1 is 0.971 bits per heavy atom. The molecule has 206 valence electrons. The van der Waals surface area contributed by atoms with Crippen LogP contribution in [0, 0.1) is 11.8 Å². The number of hydrogen-bond acceptors (Lipinski definition) is 10. The van der Waals surface area contributed by atoms with Crippen molar-refractivity contribution in [3.05, 3.63) is 0 Å². The van der Waals surface area contributed by atoms with Gasteiger partial charge in [0, 0.05) is 19.3 Å². The van der Waals surface area contributed by atoms with E-state index in [-0.39, 0.29) is 43.3 Å². The summed E-state index contributed by atoms with van der Waals surface area (Å²) in [6.45, 7) is 10.0. The Hall–Kier alpha value is -1.14. The summed E-state index contributed by atoms with van der Waals surface area (Å²) in [5, 5.41) is 50.8. The van der Waals surface area contributed by atoms with Crippen LogP contribution < -0.4 is 0 Å². The molecule has 1 fully saturated rings. The van der Waals surface area contributed by atoms with Crippen LogP contribution in [-0.4, -0.2) is 92.4 Å². The van der Waals surface area contributed by atoms with Crippen LogP contribution in [0.2, 0.25) is 0 Å². The number of esters is 1. The van der Waals surface area contributed by atoms with Gasteiger partial charge in [-0.25, -0.2) is 0 Å². The zero-order valence-electron chi connectivity index (χ0n) is 21.9. The van der Waals surface area contributed by atoms with Gasteiger partial charge in [-0.15, -0.1) is 0 Å². The van der Waals surface area contributed by atoms with E-state index in [0.29, 0.717) is 12.8 Å². The van der Waals surface area contributed by atoms with E-state index in [1.54, 1.807) is 0 Å². The summed E-state index contributed by atoms with van der Waals surface area (Å²) in [7, 11) is 0. The Morgan fingerprint density at radius 2 is 1.49 bits per heavy atom. The third-order valence-electron chi connectivity index (χ3n) is 7.01. The molecule has 5 N–H and O–H groups in total. The zero-order valence-corrected chi connectivity index (χ0v) is 21.9. The fourth-order valence-corrected chi connectivity index (χ4v) is 4.11. The van der Waals surface area contributed by atoms with Crippen LogP contribution in [0.15, 0.2) is 0 Å². The average molecular weight is 507 g/mol. The van der Waals surface area contributed by atoms with Gasteiger partial charge in [-0.2, -0.15) is 0 Å². The van der Waals surface area contributed by atoms with Crippen molar-refractivity contribution in [2.45, 2.75) is 129 Å². The van der Waals surface area contributed by atoms with Crippen LogP contribution in [0.3, 0.4) is 0 Å². The van der Waals surface area contributed by atoms with E-state index < -0.39 is 61.1 Å². The number of ether oxygens (including phenoxy) is 3. The van der Waals surface area contributed by atoms with Gasteiger partial charge in [0.15, 0.2) is 6.29 Å². The molecule has 1 rings (SSSR count). The highest BCUT2D eigenvalue weighted by molar-refractivity contribution is 5.76. The monoisotopic (exact) mass is 506 g/mol. The normalized spacial score (nSPS) is 29.7. The lowest BCUT2D eigenvalue weighted by atomic mass is 9.94. The summed E-state index contributed by atoms with van der Waals surface area (Å²) in [5.74, 6) is -0.881. The highest BCUT2D eigenvalue weighted by atomic mass is 16.7. The van der Waals surface area contributed by atoms with Gasteiger partial charge in [-0.05, 0) is 25.7 Å². The first kappa shape index (κ1) is 31.9.